The molecule has 4 nitrogen and oxygen atoms in total. The van der Waals surface area contributed by atoms with Crippen LogP contribution < -0.4 is 0 Å². The molecule has 2 aromatic rings. The number of H-pyrrole nitrogens is 1. The number of nitrogens with one attached hydrogen (secondary N) is 1. The molecule has 1 aromatic carbocycles. The zero-order valence-electron chi connectivity index (χ0n) is 7.42. The summed E-state index contributed by atoms with van der Waals surface area (Å²) in [4.78, 5) is 16.5. The summed E-state index contributed by atoms with van der Waals surface area (Å²) >= 11 is 3.21. The number of carbonyl (C=O) groups is 1. The van der Waals surface area contributed by atoms with E-state index in [2.05, 4.69) is 25.9 Å². The SMILES string of the molecule is O=C(O)Cc1cc(Br)c2nc(F)[nH]c2c1. The topological polar surface area (TPSA) is 66.0 Å². The van der Waals surface area contributed by atoms with Crippen molar-refractivity contribution in [2.24, 2.45) is 0 Å². The van der Waals surface area contributed by atoms with Crippen LogP contribution in [0, 0.1) is 6.08 Å². The Balaban J connectivity index is 2.56. The Hall–Kier alpha value is -1.43. The largest absolute Gasteiger partial charge is 0.481 e. The Morgan fingerprint density at radius 1 is 1.60 bits per heavy atom. The van der Waals surface area contributed by atoms with Crippen LogP contribution in [0.4, 0.5) is 4.39 Å². The van der Waals surface area contributed by atoms with Crippen molar-refractivity contribution in [3.63, 3.8) is 0 Å². The lowest BCUT2D eigenvalue weighted by molar-refractivity contribution is -0.136. The first kappa shape index (κ1) is 10.1. The maximum Gasteiger partial charge on any atom is 0.307 e. The zero-order valence-corrected chi connectivity index (χ0v) is 9.01. The molecule has 0 fully saturated rings. The lowest BCUT2D eigenvalue weighted by Crippen LogP contribution is -1.99. The predicted octanol–water partition coefficient (Wildman–Crippen LogP) is 2.09. The van der Waals surface area contributed by atoms with E-state index in [1.807, 2.05) is 0 Å². The third kappa shape index (κ3) is 1.99. The minimum atomic E-state index is -0.929. The van der Waals surface area contributed by atoms with Gasteiger partial charge < -0.3 is 10.1 Å². The molecule has 1 aromatic heterocycles. The first-order valence-electron chi connectivity index (χ1n) is 4.11. The standard InChI is InChI=1S/C9H6BrFN2O2/c10-5-1-4(3-7(14)15)2-6-8(5)13-9(11)12-6/h1-2H,3H2,(H,12,13)(H,14,15). The number of hydrogen-bond donors (Lipinski definition) is 2. The van der Waals surface area contributed by atoms with Crippen LogP contribution in [0.2, 0.25) is 0 Å². The zero-order chi connectivity index (χ0) is 11.0. The monoisotopic (exact) mass is 272 g/mol. The summed E-state index contributed by atoms with van der Waals surface area (Å²) in [5.41, 5.74) is 1.53. The van der Waals surface area contributed by atoms with E-state index in [0.717, 1.165) is 0 Å². The minimum absolute atomic E-state index is 0.102. The molecule has 0 unspecified atom stereocenters. The Morgan fingerprint density at radius 2 is 2.33 bits per heavy atom. The summed E-state index contributed by atoms with van der Waals surface area (Å²) in [6.45, 7) is 0. The molecule has 1 heterocycles. The van der Waals surface area contributed by atoms with Gasteiger partial charge in [0.25, 0.3) is 6.08 Å². The fourth-order valence-electron chi connectivity index (χ4n) is 1.38. The fraction of sp³-hybridized carbons (Fsp3) is 0.111. The van der Waals surface area contributed by atoms with Crippen molar-refractivity contribution < 1.29 is 14.3 Å². The van der Waals surface area contributed by atoms with E-state index < -0.39 is 12.0 Å². The second-order valence-electron chi connectivity index (χ2n) is 3.07. The maximum atomic E-state index is 12.8. The Bertz CT molecular complexity index is 538. The Morgan fingerprint density at radius 3 is 3.00 bits per heavy atom. The molecule has 0 amide bonds. The van der Waals surface area contributed by atoms with Crippen molar-refractivity contribution in [1.82, 2.24) is 9.97 Å². The molecule has 6 heteroatoms. The number of aromatic nitrogens is 2. The quantitative estimate of drug-likeness (QED) is 0.880. The molecule has 0 saturated carbocycles. The summed E-state index contributed by atoms with van der Waals surface area (Å²) in [5, 5.41) is 8.62. The first-order valence-corrected chi connectivity index (χ1v) is 4.91. The molecule has 2 N–H and O–H groups in total. The molecular weight excluding hydrogens is 267 g/mol. The van der Waals surface area contributed by atoms with E-state index >= 15 is 0 Å². The average Bonchev–Trinajstić information content (AvgIpc) is 2.44. The van der Waals surface area contributed by atoms with Gasteiger partial charge in [0.2, 0.25) is 0 Å². The van der Waals surface area contributed by atoms with Gasteiger partial charge >= 0.3 is 5.97 Å². The molecule has 0 atom stereocenters. The second kappa shape index (κ2) is 3.62. The molecule has 0 bridgehead atoms. The van der Waals surface area contributed by atoms with Crippen LogP contribution in [0.25, 0.3) is 11.0 Å². The van der Waals surface area contributed by atoms with Crippen LogP contribution in [-0.4, -0.2) is 21.0 Å². The Labute approximate surface area is 92.3 Å². The summed E-state index contributed by atoms with van der Waals surface area (Å²) < 4.78 is 13.4. The van der Waals surface area contributed by atoms with E-state index in [0.29, 0.717) is 21.1 Å². The lowest BCUT2D eigenvalue weighted by Gasteiger charge is -1.98. The van der Waals surface area contributed by atoms with Gasteiger partial charge in [-0.25, -0.2) is 4.98 Å². The molecular formula is C9H6BrFN2O2. The first-order chi connectivity index (χ1) is 7.06. The minimum Gasteiger partial charge on any atom is -0.481 e. The summed E-state index contributed by atoms with van der Waals surface area (Å²) in [5.74, 6) is -0.929. The van der Waals surface area contributed by atoms with E-state index in [1.54, 1.807) is 12.1 Å². The van der Waals surface area contributed by atoms with Gasteiger partial charge in [-0.05, 0) is 33.6 Å². The molecule has 15 heavy (non-hydrogen) atoms. The molecule has 0 aliphatic carbocycles. The van der Waals surface area contributed by atoms with Crippen molar-refractivity contribution in [2.75, 3.05) is 0 Å². The van der Waals surface area contributed by atoms with Gasteiger partial charge in [0.1, 0.15) is 5.52 Å². The highest BCUT2D eigenvalue weighted by Gasteiger charge is 2.09. The number of nitrogens with zero attached hydrogens (tertiary/aromatic N) is 1. The molecule has 0 radical (unpaired) electrons. The van der Waals surface area contributed by atoms with E-state index in [4.69, 9.17) is 5.11 Å². The van der Waals surface area contributed by atoms with Crippen molar-refractivity contribution in [3.8, 4) is 0 Å². The molecule has 78 valence electrons. The summed E-state index contributed by atoms with van der Waals surface area (Å²) in [6.07, 6.45) is -0.784. The number of rotatable bonds is 2. The third-order valence-corrected chi connectivity index (χ3v) is 2.53. The number of imidazole rings is 1. The second-order valence-corrected chi connectivity index (χ2v) is 3.93. The van der Waals surface area contributed by atoms with Crippen molar-refractivity contribution in [1.29, 1.82) is 0 Å². The third-order valence-electron chi connectivity index (χ3n) is 1.93. The maximum absolute atomic E-state index is 12.8. The molecule has 2 rings (SSSR count). The van der Waals surface area contributed by atoms with E-state index in [9.17, 15) is 9.18 Å². The predicted molar refractivity (Wildman–Crippen MR) is 55.1 cm³/mol. The van der Waals surface area contributed by atoms with Crippen LogP contribution in [-0.2, 0) is 11.2 Å². The number of aromatic amines is 1. The van der Waals surface area contributed by atoms with Gasteiger partial charge in [-0.1, -0.05) is 0 Å². The van der Waals surface area contributed by atoms with Crippen molar-refractivity contribution in [3.05, 3.63) is 28.2 Å². The highest BCUT2D eigenvalue weighted by atomic mass is 79.9. The summed E-state index contributed by atoms with van der Waals surface area (Å²) in [6, 6.07) is 3.20. The van der Waals surface area contributed by atoms with E-state index in [-0.39, 0.29) is 6.42 Å². The van der Waals surface area contributed by atoms with Gasteiger partial charge in [-0.2, -0.15) is 4.39 Å². The van der Waals surface area contributed by atoms with Gasteiger partial charge in [0, 0.05) is 4.47 Å². The van der Waals surface area contributed by atoms with Crippen LogP contribution in [0.5, 0.6) is 0 Å². The normalized spacial score (nSPS) is 10.8. The van der Waals surface area contributed by atoms with Gasteiger partial charge in [0.15, 0.2) is 0 Å². The number of benzene rings is 1. The fourth-order valence-corrected chi connectivity index (χ4v) is 1.97. The van der Waals surface area contributed by atoms with Crippen molar-refractivity contribution >= 4 is 32.9 Å². The van der Waals surface area contributed by atoms with Crippen LogP contribution in [0.1, 0.15) is 5.56 Å². The number of carboxylic acid groups (broad SMARTS) is 1. The van der Waals surface area contributed by atoms with E-state index in [1.165, 1.54) is 0 Å². The molecule has 0 saturated heterocycles. The number of carboxylic acids is 1. The summed E-state index contributed by atoms with van der Waals surface area (Å²) in [7, 11) is 0. The van der Waals surface area contributed by atoms with Gasteiger partial charge in [-0.15, -0.1) is 0 Å². The Kier molecular flexibility index (Phi) is 2.44. The number of hydrogen-bond acceptors (Lipinski definition) is 2. The molecule has 0 spiro atoms. The van der Waals surface area contributed by atoms with Crippen LogP contribution in [0.3, 0.4) is 0 Å². The molecule has 0 aliphatic rings. The van der Waals surface area contributed by atoms with Gasteiger partial charge in [0.05, 0.1) is 11.9 Å². The highest BCUT2D eigenvalue weighted by Crippen LogP contribution is 2.24. The molecule has 0 aliphatic heterocycles. The lowest BCUT2D eigenvalue weighted by atomic mass is 10.1. The van der Waals surface area contributed by atoms with Crippen LogP contribution in [0.15, 0.2) is 16.6 Å². The average molecular weight is 273 g/mol. The number of halogens is 2. The van der Waals surface area contributed by atoms with Crippen molar-refractivity contribution in [2.45, 2.75) is 6.42 Å². The number of aliphatic carboxylic acids is 1. The van der Waals surface area contributed by atoms with Crippen LogP contribution >= 0.6 is 15.9 Å². The highest BCUT2D eigenvalue weighted by molar-refractivity contribution is 9.10. The van der Waals surface area contributed by atoms with Gasteiger partial charge in [-0.3, -0.25) is 4.79 Å². The smallest absolute Gasteiger partial charge is 0.307 e. The number of fused-ring (bicyclic) bond motifs is 1.